The fourth-order valence-corrected chi connectivity index (χ4v) is 2.11. The van der Waals surface area contributed by atoms with Crippen molar-refractivity contribution in [3.8, 4) is 11.4 Å². The van der Waals surface area contributed by atoms with Crippen molar-refractivity contribution < 1.29 is 4.52 Å². The number of nitrogens with one attached hydrogen (secondary N) is 1. The van der Waals surface area contributed by atoms with Crippen LogP contribution in [0.15, 0.2) is 33.7 Å². The molecule has 1 aliphatic rings. The van der Waals surface area contributed by atoms with Crippen LogP contribution in [-0.4, -0.2) is 22.4 Å². The van der Waals surface area contributed by atoms with Gasteiger partial charge in [-0.3, -0.25) is 0 Å². The van der Waals surface area contributed by atoms with E-state index in [0.29, 0.717) is 24.3 Å². The average Bonchev–Trinajstić information content (AvgIpc) is 3.14. The molecule has 0 atom stereocenters. The maximum absolute atomic E-state index is 5.22. The van der Waals surface area contributed by atoms with E-state index in [2.05, 4.69) is 33.8 Å². The minimum absolute atomic E-state index is 0.654. The quantitative estimate of drug-likeness (QED) is 0.839. The first-order valence-electron chi connectivity index (χ1n) is 6.05. The Kier molecular flexibility index (Phi) is 3.34. The predicted molar refractivity (Wildman–Crippen MR) is 71.4 cm³/mol. The molecule has 1 aliphatic carbocycles. The van der Waals surface area contributed by atoms with Crippen LogP contribution in [0, 0.1) is 0 Å². The van der Waals surface area contributed by atoms with Crippen molar-refractivity contribution in [2.75, 3.05) is 6.26 Å². The van der Waals surface area contributed by atoms with Gasteiger partial charge in [-0.05, 0) is 43.4 Å². The standard InChI is InChI=1S/C13H15N3OS/c1-18-11-6-2-9(3-7-11)13-15-12(17-16-13)8-14-10-4-5-10/h2-3,6-7,10,14H,4-5,8H2,1H3. The molecule has 0 aliphatic heterocycles. The van der Waals surface area contributed by atoms with E-state index in [9.17, 15) is 0 Å². The van der Waals surface area contributed by atoms with Crippen molar-refractivity contribution in [1.82, 2.24) is 15.5 Å². The summed E-state index contributed by atoms with van der Waals surface area (Å²) >= 11 is 1.72. The molecule has 0 amide bonds. The first-order chi connectivity index (χ1) is 8.85. The van der Waals surface area contributed by atoms with Gasteiger partial charge < -0.3 is 9.84 Å². The zero-order valence-corrected chi connectivity index (χ0v) is 11.0. The molecule has 2 aromatic rings. The lowest BCUT2D eigenvalue weighted by atomic mass is 10.2. The molecule has 0 spiro atoms. The zero-order valence-electron chi connectivity index (χ0n) is 10.2. The summed E-state index contributed by atoms with van der Waals surface area (Å²) in [5, 5.41) is 7.36. The lowest BCUT2D eigenvalue weighted by Gasteiger charge is -1.97. The van der Waals surface area contributed by atoms with Crippen LogP contribution in [0.1, 0.15) is 18.7 Å². The van der Waals surface area contributed by atoms with E-state index in [1.165, 1.54) is 17.7 Å². The second kappa shape index (κ2) is 5.12. The molecule has 94 valence electrons. The third-order valence-electron chi connectivity index (χ3n) is 2.94. The largest absolute Gasteiger partial charge is 0.338 e. The third kappa shape index (κ3) is 2.73. The van der Waals surface area contributed by atoms with Gasteiger partial charge in [0.25, 0.3) is 0 Å². The van der Waals surface area contributed by atoms with E-state index in [1.807, 2.05) is 12.1 Å². The zero-order chi connectivity index (χ0) is 12.4. The Bertz CT molecular complexity index is 519. The number of benzene rings is 1. The summed E-state index contributed by atoms with van der Waals surface area (Å²) in [6, 6.07) is 8.83. The van der Waals surface area contributed by atoms with Crippen molar-refractivity contribution in [2.24, 2.45) is 0 Å². The number of nitrogens with zero attached hydrogens (tertiary/aromatic N) is 2. The maximum Gasteiger partial charge on any atom is 0.240 e. The first kappa shape index (κ1) is 11.7. The monoisotopic (exact) mass is 261 g/mol. The van der Waals surface area contributed by atoms with Gasteiger partial charge in [0.1, 0.15) is 0 Å². The molecular weight excluding hydrogens is 246 g/mol. The Morgan fingerprint density at radius 2 is 2.11 bits per heavy atom. The van der Waals surface area contributed by atoms with E-state index in [-0.39, 0.29) is 0 Å². The van der Waals surface area contributed by atoms with E-state index in [4.69, 9.17) is 4.52 Å². The van der Waals surface area contributed by atoms with Gasteiger partial charge >= 0.3 is 0 Å². The SMILES string of the molecule is CSc1ccc(-c2noc(CNC3CC3)n2)cc1. The van der Waals surface area contributed by atoms with Gasteiger partial charge in [0.2, 0.25) is 11.7 Å². The fourth-order valence-electron chi connectivity index (χ4n) is 1.70. The minimum atomic E-state index is 0.654. The second-order valence-electron chi connectivity index (χ2n) is 4.40. The number of thioether (sulfide) groups is 1. The van der Waals surface area contributed by atoms with Crippen LogP contribution in [0.4, 0.5) is 0 Å². The predicted octanol–water partition coefficient (Wildman–Crippen LogP) is 2.71. The highest BCUT2D eigenvalue weighted by Gasteiger charge is 2.21. The molecule has 1 fully saturated rings. The molecule has 3 rings (SSSR count). The Labute approximate surface area is 110 Å². The lowest BCUT2D eigenvalue weighted by Crippen LogP contribution is -2.15. The minimum Gasteiger partial charge on any atom is -0.338 e. The van der Waals surface area contributed by atoms with Gasteiger partial charge in [-0.15, -0.1) is 11.8 Å². The van der Waals surface area contributed by atoms with Crippen LogP contribution in [-0.2, 0) is 6.54 Å². The number of hydrogen-bond acceptors (Lipinski definition) is 5. The molecule has 1 saturated carbocycles. The van der Waals surface area contributed by atoms with Gasteiger partial charge in [0.15, 0.2) is 0 Å². The van der Waals surface area contributed by atoms with Gasteiger partial charge in [0.05, 0.1) is 6.54 Å². The summed E-state index contributed by atoms with van der Waals surface area (Å²) in [6.45, 7) is 0.667. The van der Waals surface area contributed by atoms with Gasteiger partial charge in [0, 0.05) is 16.5 Å². The first-order valence-corrected chi connectivity index (χ1v) is 7.28. The molecule has 0 saturated heterocycles. The van der Waals surface area contributed by atoms with Crippen LogP contribution < -0.4 is 5.32 Å². The summed E-state index contributed by atoms with van der Waals surface area (Å²) in [4.78, 5) is 5.62. The number of rotatable bonds is 5. The third-order valence-corrected chi connectivity index (χ3v) is 3.68. The molecule has 0 bridgehead atoms. The Morgan fingerprint density at radius 3 is 2.78 bits per heavy atom. The van der Waals surface area contributed by atoms with Crippen LogP contribution in [0.2, 0.25) is 0 Å². The molecular formula is C13H15N3OS. The lowest BCUT2D eigenvalue weighted by molar-refractivity contribution is 0.367. The summed E-state index contributed by atoms with van der Waals surface area (Å²) in [7, 11) is 0. The van der Waals surface area contributed by atoms with E-state index in [1.54, 1.807) is 11.8 Å². The summed E-state index contributed by atoms with van der Waals surface area (Å²) in [5.41, 5.74) is 0.995. The molecule has 1 heterocycles. The summed E-state index contributed by atoms with van der Waals surface area (Å²) < 4.78 is 5.22. The number of hydrogen-bond donors (Lipinski definition) is 1. The average molecular weight is 261 g/mol. The topological polar surface area (TPSA) is 51.0 Å². The van der Waals surface area contributed by atoms with Crippen LogP contribution in [0.3, 0.4) is 0 Å². The molecule has 1 aromatic carbocycles. The molecule has 1 N–H and O–H groups in total. The molecule has 18 heavy (non-hydrogen) atoms. The smallest absolute Gasteiger partial charge is 0.240 e. The van der Waals surface area contributed by atoms with Crippen LogP contribution >= 0.6 is 11.8 Å². The van der Waals surface area contributed by atoms with Crippen molar-refractivity contribution in [1.29, 1.82) is 0 Å². The molecule has 4 nitrogen and oxygen atoms in total. The highest BCUT2D eigenvalue weighted by atomic mass is 32.2. The molecule has 0 unspecified atom stereocenters. The van der Waals surface area contributed by atoms with E-state index in [0.717, 1.165) is 5.56 Å². The van der Waals surface area contributed by atoms with Crippen molar-refractivity contribution in [3.63, 3.8) is 0 Å². The molecule has 1 aromatic heterocycles. The molecule has 5 heteroatoms. The summed E-state index contributed by atoms with van der Waals surface area (Å²) in [5.74, 6) is 1.32. The molecule has 0 radical (unpaired) electrons. The highest BCUT2D eigenvalue weighted by Crippen LogP contribution is 2.22. The van der Waals surface area contributed by atoms with Gasteiger partial charge in [-0.1, -0.05) is 5.16 Å². The summed E-state index contributed by atoms with van der Waals surface area (Å²) in [6.07, 6.45) is 4.58. The Balaban J connectivity index is 1.70. The number of aromatic nitrogens is 2. The van der Waals surface area contributed by atoms with Crippen LogP contribution in [0.25, 0.3) is 11.4 Å². The van der Waals surface area contributed by atoms with Gasteiger partial charge in [-0.2, -0.15) is 4.98 Å². The highest BCUT2D eigenvalue weighted by molar-refractivity contribution is 7.98. The van der Waals surface area contributed by atoms with Crippen molar-refractivity contribution in [3.05, 3.63) is 30.2 Å². The van der Waals surface area contributed by atoms with Crippen LogP contribution in [0.5, 0.6) is 0 Å². The maximum atomic E-state index is 5.22. The second-order valence-corrected chi connectivity index (χ2v) is 5.28. The Hall–Kier alpha value is -1.33. The van der Waals surface area contributed by atoms with E-state index >= 15 is 0 Å². The van der Waals surface area contributed by atoms with Crippen molar-refractivity contribution in [2.45, 2.75) is 30.3 Å². The van der Waals surface area contributed by atoms with E-state index < -0.39 is 0 Å². The Morgan fingerprint density at radius 1 is 1.33 bits per heavy atom. The van der Waals surface area contributed by atoms with Gasteiger partial charge in [-0.25, -0.2) is 0 Å². The normalized spacial score (nSPS) is 14.9. The fraction of sp³-hybridized carbons (Fsp3) is 0.385. The van der Waals surface area contributed by atoms with Crippen molar-refractivity contribution >= 4 is 11.8 Å².